The lowest BCUT2D eigenvalue weighted by molar-refractivity contribution is -0.275. The second-order valence-electron chi connectivity index (χ2n) is 2.43. The zero-order valence-electron chi connectivity index (χ0n) is 6.81. The van der Waals surface area contributed by atoms with Gasteiger partial charge in [-0.05, 0) is 6.07 Å². The Morgan fingerprint density at radius 2 is 2.00 bits per heavy atom. The average molecular weight is 227 g/mol. The number of para-hydroxylation sites is 1. The molecule has 78 valence electrons. The van der Waals surface area contributed by atoms with Crippen LogP contribution in [-0.2, 0) is 6.61 Å². The van der Waals surface area contributed by atoms with Gasteiger partial charge in [-0.25, -0.2) is 0 Å². The maximum Gasteiger partial charge on any atom is 0.573 e. The smallest absolute Gasteiger partial charge is 0.404 e. The Labute approximate surface area is 82.9 Å². The Hall–Kier alpha value is -0.940. The van der Waals surface area contributed by atoms with Gasteiger partial charge in [0.25, 0.3) is 0 Å². The number of alkyl halides is 3. The van der Waals surface area contributed by atoms with Gasteiger partial charge < -0.3 is 9.84 Å². The van der Waals surface area contributed by atoms with Crippen LogP contribution < -0.4 is 4.74 Å². The van der Waals surface area contributed by atoms with Gasteiger partial charge in [0.1, 0.15) is 0 Å². The van der Waals surface area contributed by atoms with E-state index < -0.39 is 18.7 Å². The van der Waals surface area contributed by atoms with Crippen molar-refractivity contribution in [2.75, 3.05) is 0 Å². The Kier molecular flexibility index (Phi) is 3.23. The van der Waals surface area contributed by atoms with Crippen LogP contribution in [0.25, 0.3) is 0 Å². The second kappa shape index (κ2) is 4.06. The van der Waals surface area contributed by atoms with Crippen molar-refractivity contribution >= 4 is 11.6 Å². The predicted octanol–water partition coefficient (Wildman–Crippen LogP) is 2.73. The molecule has 0 spiro atoms. The van der Waals surface area contributed by atoms with Crippen molar-refractivity contribution in [3.63, 3.8) is 0 Å². The summed E-state index contributed by atoms with van der Waals surface area (Å²) < 4.78 is 39.3. The highest BCUT2D eigenvalue weighted by Crippen LogP contribution is 2.33. The molecule has 0 unspecified atom stereocenters. The fourth-order valence-electron chi connectivity index (χ4n) is 0.908. The topological polar surface area (TPSA) is 29.5 Å². The molecular weight excluding hydrogens is 221 g/mol. The summed E-state index contributed by atoms with van der Waals surface area (Å²) in [6, 6.07) is 3.98. The van der Waals surface area contributed by atoms with E-state index in [-0.39, 0.29) is 10.6 Å². The molecule has 1 aromatic rings. The second-order valence-corrected chi connectivity index (χ2v) is 2.84. The van der Waals surface area contributed by atoms with Gasteiger partial charge in [-0.2, -0.15) is 0 Å². The molecular formula is C8H6ClF3O2. The lowest BCUT2D eigenvalue weighted by Crippen LogP contribution is -2.18. The first-order valence-corrected chi connectivity index (χ1v) is 3.96. The van der Waals surface area contributed by atoms with Crippen LogP contribution in [0.15, 0.2) is 18.2 Å². The highest BCUT2D eigenvalue weighted by molar-refractivity contribution is 6.32. The minimum Gasteiger partial charge on any atom is -0.404 e. The van der Waals surface area contributed by atoms with Crippen LogP contribution >= 0.6 is 11.6 Å². The fraction of sp³-hybridized carbons (Fsp3) is 0.250. The minimum atomic E-state index is -4.81. The molecule has 0 fully saturated rings. The van der Waals surface area contributed by atoms with Crippen molar-refractivity contribution in [2.45, 2.75) is 13.0 Å². The monoisotopic (exact) mass is 226 g/mol. The molecule has 2 nitrogen and oxygen atoms in total. The Bertz CT molecular complexity index is 325. The SMILES string of the molecule is OCc1cccc(Cl)c1OC(F)(F)F. The van der Waals surface area contributed by atoms with Crippen LogP contribution in [0.5, 0.6) is 5.75 Å². The highest BCUT2D eigenvalue weighted by Gasteiger charge is 2.32. The van der Waals surface area contributed by atoms with Crippen LogP contribution in [0, 0.1) is 0 Å². The van der Waals surface area contributed by atoms with Crippen LogP contribution in [0.1, 0.15) is 5.56 Å². The van der Waals surface area contributed by atoms with Crippen molar-refractivity contribution < 1.29 is 23.0 Å². The van der Waals surface area contributed by atoms with E-state index in [2.05, 4.69) is 4.74 Å². The fourth-order valence-corrected chi connectivity index (χ4v) is 1.14. The summed E-state index contributed by atoms with van der Waals surface area (Å²) in [7, 11) is 0. The molecule has 1 aromatic carbocycles. The largest absolute Gasteiger partial charge is 0.573 e. The molecule has 0 saturated heterocycles. The normalized spacial score (nSPS) is 11.5. The highest BCUT2D eigenvalue weighted by atomic mass is 35.5. The third-order valence-electron chi connectivity index (χ3n) is 1.44. The summed E-state index contributed by atoms with van der Waals surface area (Å²) in [4.78, 5) is 0. The lowest BCUT2D eigenvalue weighted by atomic mass is 10.2. The molecule has 0 amide bonds. The molecule has 0 atom stereocenters. The number of aliphatic hydroxyl groups excluding tert-OH is 1. The number of benzene rings is 1. The predicted molar refractivity (Wildman–Crippen MR) is 44.1 cm³/mol. The van der Waals surface area contributed by atoms with Gasteiger partial charge in [0, 0.05) is 5.56 Å². The van der Waals surface area contributed by atoms with E-state index in [9.17, 15) is 13.2 Å². The average Bonchev–Trinajstić information content (AvgIpc) is 2.06. The van der Waals surface area contributed by atoms with Crippen LogP contribution in [0.3, 0.4) is 0 Å². The Morgan fingerprint density at radius 1 is 1.36 bits per heavy atom. The summed E-state index contributed by atoms with van der Waals surface area (Å²) >= 11 is 5.48. The van der Waals surface area contributed by atoms with Gasteiger partial charge in [-0.1, -0.05) is 23.7 Å². The molecule has 1 N–H and O–H groups in total. The molecule has 0 aromatic heterocycles. The zero-order valence-corrected chi connectivity index (χ0v) is 7.56. The maximum atomic E-state index is 11.9. The van der Waals surface area contributed by atoms with Gasteiger partial charge >= 0.3 is 6.36 Å². The van der Waals surface area contributed by atoms with E-state index in [4.69, 9.17) is 16.7 Å². The van der Waals surface area contributed by atoms with Gasteiger partial charge in [0.15, 0.2) is 5.75 Å². The quantitative estimate of drug-likeness (QED) is 0.840. The molecule has 0 aliphatic carbocycles. The first kappa shape index (κ1) is 11.1. The Morgan fingerprint density at radius 3 is 2.50 bits per heavy atom. The zero-order chi connectivity index (χ0) is 10.8. The number of ether oxygens (including phenoxy) is 1. The van der Waals surface area contributed by atoms with Gasteiger partial charge in [0.2, 0.25) is 0 Å². The van der Waals surface area contributed by atoms with E-state index in [1.165, 1.54) is 18.2 Å². The van der Waals surface area contributed by atoms with Crippen molar-refractivity contribution in [3.8, 4) is 5.75 Å². The molecule has 0 heterocycles. The third kappa shape index (κ3) is 2.78. The van der Waals surface area contributed by atoms with E-state index in [1.807, 2.05) is 0 Å². The van der Waals surface area contributed by atoms with Gasteiger partial charge in [-0.15, -0.1) is 13.2 Å². The summed E-state index contributed by atoms with van der Waals surface area (Å²) in [6.45, 7) is -0.564. The summed E-state index contributed by atoms with van der Waals surface area (Å²) in [6.07, 6.45) is -4.81. The number of rotatable bonds is 2. The molecule has 0 bridgehead atoms. The molecule has 1 rings (SSSR count). The number of halogens is 4. The third-order valence-corrected chi connectivity index (χ3v) is 1.73. The molecule has 0 aliphatic rings. The summed E-state index contributed by atoms with van der Waals surface area (Å²) in [5, 5.41) is 8.55. The van der Waals surface area contributed by atoms with Crippen molar-refractivity contribution in [1.82, 2.24) is 0 Å². The maximum absolute atomic E-state index is 11.9. The van der Waals surface area contributed by atoms with Crippen molar-refractivity contribution in [1.29, 1.82) is 0 Å². The van der Waals surface area contributed by atoms with E-state index in [0.29, 0.717) is 0 Å². The minimum absolute atomic E-state index is 0.00479. The van der Waals surface area contributed by atoms with Crippen LogP contribution in [0.4, 0.5) is 13.2 Å². The number of aliphatic hydroxyl groups is 1. The van der Waals surface area contributed by atoms with Crippen LogP contribution in [0.2, 0.25) is 5.02 Å². The molecule has 0 radical (unpaired) electrons. The van der Waals surface area contributed by atoms with Gasteiger partial charge in [-0.3, -0.25) is 0 Å². The number of hydrogen-bond acceptors (Lipinski definition) is 2. The lowest BCUT2D eigenvalue weighted by Gasteiger charge is -2.13. The van der Waals surface area contributed by atoms with E-state index in [1.54, 1.807) is 0 Å². The standard InChI is InChI=1S/C8H6ClF3O2/c9-6-3-1-2-5(4-13)7(6)14-8(10,11)12/h1-3,13H,4H2. The molecule has 14 heavy (non-hydrogen) atoms. The summed E-state index contributed by atoms with van der Waals surface area (Å²) in [5.74, 6) is -0.552. The van der Waals surface area contributed by atoms with E-state index >= 15 is 0 Å². The van der Waals surface area contributed by atoms with Crippen LogP contribution in [-0.4, -0.2) is 11.5 Å². The van der Waals surface area contributed by atoms with E-state index in [0.717, 1.165) is 0 Å². The van der Waals surface area contributed by atoms with Crippen molar-refractivity contribution in [3.05, 3.63) is 28.8 Å². The molecule has 6 heteroatoms. The molecule has 0 saturated carbocycles. The Balaban J connectivity index is 3.05. The summed E-state index contributed by atoms with van der Waals surface area (Å²) in [5.41, 5.74) is -0.00479. The van der Waals surface area contributed by atoms with Gasteiger partial charge in [0.05, 0.1) is 11.6 Å². The van der Waals surface area contributed by atoms with Crippen molar-refractivity contribution in [2.24, 2.45) is 0 Å². The number of hydrogen-bond donors (Lipinski definition) is 1. The first-order chi connectivity index (χ1) is 6.44. The first-order valence-electron chi connectivity index (χ1n) is 3.58. The molecule has 0 aliphatic heterocycles.